The third kappa shape index (κ3) is 4.83. The van der Waals surface area contributed by atoms with E-state index in [1.165, 1.54) is 5.56 Å². The van der Waals surface area contributed by atoms with E-state index in [1.807, 2.05) is 6.07 Å². The van der Waals surface area contributed by atoms with Crippen LogP contribution in [0.5, 0.6) is 0 Å². The van der Waals surface area contributed by atoms with Gasteiger partial charge >= 0.3 is 0 Å². The minimum absolute atomic E-state index is 0.295. The minimum Gasteiger partial charge on any atom is -0.396 e. The first kappa shape index (κ1) is 11.0. The van der Waals surface area contributed by atoms with E-state index in [2.05, 4.69) is 36.4 Å². The Labute approximate surface area is 86.1 Å². The van der Waals surface area contributed by atoms with Gasteiger partial charge in [0.15, 0.2) is 0 Å². The maximum Gasteiger partial charge on any atom is 0.0433 e. The average Bonchev–Trinajstić information content (AvgIpc) is 2.25. The number of allylic oxidation sites excluding steroid dienone is 2. The first-order chi connectivity index (χ1) is 6.93. The molecule has 0 aromatic heterocycles. The number of benzene rings is 1. The van der Waals surface area contributed by atoms with Gasteiger partial charge in [0.05, 0.1) is 0 Å². The van der Waals surface area contributed by atoms with Crippen molar-refractivity contribution in [2.45, 2.75) is 25.7 Å². The first-order valence-electron chi connectivity index (χ1n) is 5.23. The summed E-state index contributed by atoms with van der Waals surface area (Å²) in [6, 6.07) is 10.5. The molecule has 0 atom stereocenters. The van der Waals surface area contributed by atoms with E-state index in [0.717, 1.165) is 25.7 Å². The van der Waals surface area contributed by atoms with Crippen LogP contribution in [0, 0.1) is 0 Å². The number of hydrogen-bond donors (Lipinski definition) is 1. The molecule has 1 rings (SSSR count). The van der Waals surface area contributed by atoms with Gasteiger partial charge in [-0.15, -0.1) is 0 Å². The topological polar surface area (TPSA) is 20.2 Å². The summed E-state index contributed by atoms with van der Waals surface area (Å²) >= 11 is 0. The molecule has 1 N–H and O–H groups in total. The molecule has 0 radical (unpaired) electrons. The molecule has 0 spiro atoms. The van der Waals surface area contributed by atoms with E-state index in [9.17, 15) is 0 Å². The maximum atomic E-state index is 8.57. The van der Waals surface area contributed by atoms with E-state index in [1.54, 1.807) is 0 Å². The molecule has 0 saturated heterocycles. The number of unbranched alkanes of at least 4 members (excludes halogenated alkanes) is 1. The smallest absolute Gasteiger partial charge is 0.0433 e. The molecule has 0 heterocycles. The maximum absolute atomic E-state index is 8.57. The quantitative estimate of drug-likeness (QED) is 0.540. The standard InChI is InChI=1S/C13H18O/c14-12-8-3-1-2-5-9-13-10-6-4-7-11-13/h1-2,4,6-7,10-11,14H,3,5,8-9,12H2/b2-1-. The number of aryl methyl sites for hydroxylation is 1. The molecule has 0 aliphatic carbocycles. The van der Waals surface area contributed by atoms with Crippen LogP contribution in [0.2, 0.25) is 0 Å². The highest BCUT2D eigenvalue weighted by Crippen LogP contribution is 2.03. The van der Waals surface area contributed by atoms with Gasteiger partial charge < -0.3 is 5.11 Å². The number of rotatable bonds is 6. The van der Waals surface area contributed by atoms with E-state index in [-0.39, 0.29) is 0 Å². The van der Waals surface area contributed by atoms with Crippen molar-refractivity contribution in [3.63, 3.8) is 0 Å². The zero-order chi connectivity index (χ0) is 10.1. The van der Waals surface area contributed by atoms with Crippen LogP contribution < -0.4 is 0 Å². The molecule has 0 unspecified atom stereocenters. The number of aliphatic hydroxyl groups is 1. The highest BCUT2D eigenvalue weighted by atomic mass is 16.2. The van der Waals surface area contributed by atoms with Gasteiger partial charge in [-0.2, -0.15) is 0 Å². The summed E-state index contributed by atoms with van der Waals surface area (Å²) in [5, 5.41) is 8.57. The predicted molar refractivity (Wildman–Crippen MR) is 60.2 cm³/mol. The molecule has 1 heteroatoms. The second kappa shape index (κ2) is 7.34. The fourth-order valence-electron chi connectivity index (χ4n) is 1.34. The average molecular weight is 190 g/mol. The Morgan fingerprint density at radius 2 is 1.71 bits per heavy atom. The number of aliphatic hydroxyl groups excluding tert-OH is 1. The van der Waals surface area contributed by atoms with Gasteiger partial charge in [-0.3, -0.25) is 0 Å². The molecule has 0 aliphatic heterocycles. The van der Waals surface area contributed by atoms with Crippen molar-refractivity contribution in [2.24, 2.45) is 0 Å². The molecular formula is C13H18O. The van der Waals surface area contributed by atoms with Crippen molar-refractivity contribution >= 4 is 0 Å². The predicted octanol–water partition coefficient (Wildman–Crippen LogP) is 2.95. The Balaban J connectivity index is 2.12. The summed E-state index contributed by atoms with van der Waals surface area (Å²) in [4.78, 5) is 0. The summed E-state index contributed by atoms with van der Waals surface area (Å²) in [5.41, 5.74) is 1.39. The van der Waals surface area contributed by atoms with Crippen molar-refractivity contribution < 1.29 is 5.11 Å². The van der Waals surface area contributed by atoms with Gasteiger partial charge in [0.2, 0.25) is 0 Å². The van der Waals surface area contributed by atoms with E-state index in [0.29, 0.717) is 6.61 Å². The van der Waals surface area contributed by atoms with Gasteiger partial charge in [-0.05, 0) is 31.2 Å². The Kier molecular flexibility index (Phi) is 5.76. The summed E-state index contributed by atoms with van der Waals surface area (Å²) in [6.07, 6.45) is 8.42. The molecule has 1 aromatic rings. The van der Waals surface area contributed by atoms with Gasteiger partial charge in [-0.1, -0.05) is 42.5 Å². The Morgan fingerprint density at radius 1 is 1.00 bits per heavy atom. The van der Waals surface area contributed by atoms with Crippen LogP contribution in [0.1, 0.15) is 24.8 Å². The lowest BCUT2D eigenvalue weighted by molar-refractivity contribution is 0.289. The molecule has 1 nitrogen and oxygen atoms in total. The monoisotopic (exact) mass is 190 g/mol. The summed E-state index contributed by atoms with van der Waals surface area (Å²) in [7, 11) is 0. The van der Waals surface area contributed by atoms with Gasteiger partial charge in [0.1, 0.15) is 0 Å². The molecule has 76 valence electrons. The Morgan fingerprint density at radius 3 is 2.43 bits per heavy atom. The normalized spacial score (nSPS) is 10.9. The number of hydrogen-bond acceptors (Lipinski definition) is 1. The SMILES string of the molecule is OCCC/C=C\CCc1ccccc1. The van der Waals surface area contributed by atoms with Crippen LogP contribution in [0.4, 0.5) is 0 Å². The molecular weight excluding hydrogens is 172 g/mol. The molecule has 0 amide bonds. The van der Waals surface area contributed by atoms with Gasteiger partial charge in [-0.25, -0.2) is 0 Å². The Bertz CT molecular complexity index is 251. The molecule has 0 saturated carbocycles. The van der Waals surface area contributed by atoms with Crippen molar-refractivity contribution in [1.82, 2.24) is 0 Å². The van der Waals surface area contributed by atoms with Crippen LogP contribution in [-0.2, 0) is 6.42 Å². The minimum atomic E-state index is 0.295. The zero-order valence-corrected chi connectivity index (χ0v) is 8.52. The summed E-state index contributed by atoms with van der Waals surface area (Å²) in [5.74, 6) is 0. The molecule has 0 aliphatic rings. The third-order valence-corrected chi connectivity index (χ3v) is 2.14. The van der Waals surface area contributed by atoms with E-state index in [4.69, 9.17) is 5.11 Å². The lowest BCUT2D eigenvalue weighted by Gasteiger charge is -1.96. The Hall–Kier alpha value is -1.08. The van der Waals surface area contributed by atoms with Crippen LogP contribution in [0.15, 0.2) is 42.5 Å². The first-order valence-corrected chi connectivity index (χ1v) is 5.23. The van der Waals surface area contributed by atoms with Crippen molar-refractivity contribution in [3.8, 4) is 0 Å². The fourth-order valence-corrected chi connectivity index (χ4v) is 1.34. The van der Waals surface area contributed by atoms with E-state index < -0.39 is 0 Å². The van der Waals surface area contributed by atoms with Crippen LogP contribution in [0.3, 0.4) is 0 Å². The lowest BCUT2D eigenvalue weighted by atomic mass is 10.1. The largest absolute Gasteiger partial charge is 0.396 e. The molecule has 1 aromatic carbocycles. The third-order valence-electron chi connectivity index (χ3n) is 2.14. The fraction of sp³-hybridized carbons (Fsp3) is 0.385. The molecule has 0 fully saturated rings. The van der Waals surface area contributed by atoms with Crippen LogP contribution >= 0.6 is 0 Å². The molecule has 14 heavy (non-hydrogen) atoms. The van der Waals surface area contributed by atoms with Crippen molar-refractivity contribution in [3.05, 3.63) is 48.0 Å². The second-order valence-corrected chi connectivity index (χ2v) is 3.36. The summed E-state index contributed by atoms with van der Waals surface area (Å²) < 4.78 is 0. The van der Waals surface area contributed by atoms with Gasteiger partial charge in [0.25, 0.3) is 0 Å². The highest BCUT2D eigenvalue weighted by Gasteiger charge is 1.87. The van der Waals surface area contributed by atoms with Crippen LogP contribution in [0.25, 0.3) is 0 Å². The van der Waals surface area contributed by atoms with E-state index >= 15 is 0 Å². The van der Waals surface area contributed by atoms with Crippen molar-refractivity contribution in [1.29, 1.82) is 0 Å². The lowest BCUT2D eigenvalue weighted by Crippen LogP contribution is -1.82. The van der Waals surface area contributed by atoms with Crippen LogP contribution in [-0.4, -0.2) is 11.7 Å². The zero-order valence-electron chi connectivity index (χ0n) is 8.52. The van der Waals surface area contributed by atoms with Gasteiger partial charge in [0, 0.05) is 6.61 Å². The van der Waals surface area contributed by atoms with Crippen molar-refractivity contribution in [2.75, 3.05) is 6.61 Å². The molecule has 0 bridgehead atoms. The summed E-state index contributed by atoms with van der Waals surface area (Å²) in [6.45, 7) is 0.295. The second-order valence-electron chi connectivity index (χ2n) is 3.36. The highest BCUT2D eigenvalue weighted by molar-refractivity contribution is 5.15.